The van der Waals surface area contributed by atoms with Crippen molar-refractivity contribution in [2.45, 2.75) is 80.0 Å². The summed E-state index contributed by atoms with van der Waals surface area (Å²) in [6.07, 6.45) is 10.9. The molecular weight excluding hydrogens is 1090 g/mol. The van der Waals surface area contributed by atoms with Crippen molar-refractivity contribution in [3.8, 4) is 11.5 Å². The highest BCUT2D eigenvalue weighted by atomic mass is 35.5. The molecule has 2 saturated heterocycles. The number of H-pyrrole nitrogens is 1. The Balaban J connectivity index is 0.974. The van der Waals surface area contributed by atoms with Gasteiger partial charge in [-0.05, 0) is 130 Å². The summed E-state index contributed by atoms with van der Waals surface area (Å²) < 4.78 is 114. The molecule has 0 saturated carbocycles. The third-order valence-corrected chi connectivity index (χ3v) is 18.0. The Bertz CT molecular complexity index is 3190. The topological polar surface area (TPSA) is 196 Å². The molecule has 2 fully saturated rings. The van der Waals surface area contributed by atoms with Crippen molar-refractivity contribution in [1.82, 2.24) is 29.4 Å². The fourth-order valence-electron chi connectivity index (χ4n) is 10.7. The molecule has 8 rings (SSSR count). The maximum Gasteiger partial charge on any atom is 0.501 e. The number of aromatic amines is 1. The second-order valence-electron chi connectivity index (χ2n) is 21.0. The van der Waals surface area contributed by atoms with Crippen molar-refractivity contribution in [3.63, 3.8) is 0 Å². The molecular formula is C56H70ClF3N8O9S2. The number of nitrogens with zero attached hydrogens (tertiary/aromatic N) is 5. The van der Waals surface area contributed by atoms with Crippen LogP contribution in [0.1, 0.15) is 80.6 Å². The summed E-state index contributed by atoms with van der Waals surface area (Å²) in [5.74, 6) is -1.12. The SMILES string of the molecule is COC(=O)CCCCCCN(C)C[C@]1(C)CCC(c2ccc(Cl)cc2)=C(CN2CCN(c3ccc(C(=O)NS(=O)(=O)c4ccc(NCCCN5CCOCC5)c(S(=O)(=O)C(F)(F)F)c4)c(Oc4cnc5[nH]ccc5c4)c3)CC2)C1. The van der Waals surface area contributed by atoms with Crippen LogP contribution in [0.15, 0.2) is 101 Å². The highest BCUT2D eigenvalue weighted by Gasteiger charge is 2.48. The highest BCUT2D eigenvalue weighted by Crippen LogP contribution is 2.44. The number of carbonyl (C=O) groups excluding carboxylic acids is 2. The Morgan fingerprint density at radius 2 is 1.65 bits per heavy atom. The molecule has 2 aromatic heterocycles. The number of anilines is 2. The molecule has 0 unspecified atom stereocenters. The number of sulfone groups is 1. The van der Waals surface area contributed by atoms with Gasteiger partial charge in [-0.1, -0.05) is 49.1 Å². The van der Waals surface area contributed by atoms with E-state index in [1.807, 2.05) is 16.9 Å². The maximum absolute atomic E-state index is 14.1. The third kappa shape index (κ3) is 15.6. The van der Waals surface area contributed by atoms with Crippen LogP contribution < -0.4 is 19.7 Å². The van der Waals surface area contributed by atoms with Crippen LogP contribution in [0.2, 0.25) is 5.02 Å². The van der Waals surface area contributed by atoms with Gasteiger partial charge >= 0.3 is 11.5 Å². The molecule has 3 aliphatic rings. The van der Waals surface area contributed by atoms with Crippen LogP contribution >= 0.6 is 11.6 Å². The number of hydrogen-bond acceptors (Lipinski definition) is 15. The molecule has 4 heterocycles. The summed E-state index contributed by atoms with van der Waals surface area (Å²) in [6, 6.07) is 18.6. The monoisotopic (exact) mass is 1150 g/mol. The zero-order chi connectivity index (χ0) is 56.4. The van der Waals surface area contributed by atoms with Crippen molar-refractivity contribution >= 4 is 71.3 Å². The summed E-state index contributed by atoms with van der Waals surface area (Å²) >= 11 is 6.34. The summed E-state index contributed by atoms with van der Waals surface area (Å²) in [5.41, 5.74) is -1.16. The van der Waals surface area contributed by atoms with E-state index in [-0.39, 0.29) is 35.0 Å². The van der Waals surface area contributed by atoms with E-state index in [1.54, 1.807) is 30.5 Å². The third-order valence-electron chi connectivity index (χ3n) is 14.9. The number of halogens is 4. The number of benzene rings is 3. The number of morpholine rings is 1. The van der Waals surface area contributed by atoms with Crippen molar-refractivity contribution < 1.29 is 53.8 Å². The molecule has 0 bridgehead atoms. The number of pyridine rings is 1. The van der Waals surface area contributed by atoms with E-state index in [0.717, 1.165) is 76.7 Å². The van der Waals surface area contributed by atoms with Gasteiger partial charge in [-0.2, -0.15) is 13.2 Å². The first kappa shape index (κ1) is 59.4. The number of carbonyl (C=O) groups is 2. The Morgan fingerprint density at radius 3 is 2.38 bits per heavy atom. The largest absolute Gasteiger partial charge is 0.501 e. The van der Waals surface area contributed by atoms with Gasteiger partial charge in [0.2, 0.25) is 0 Å². The minimum absolute atomic E-state index is 0.0240. The van der Waals surface area contributed by atoms with Crippen molar-refractivity contribution in [1.29, 1.82) is 0 Å². The fourth-order valence-corrected chi connectivity index (χ4v) is 12.9. The zero-order valence-corrected chi connectivity index (χ0v) is 47.3. The van der Waals surface area contributed by atoms with Crippen LogP contribution in [0, 0.1) is 5.41 Å². The number of nitrogens with one attached hydrogen (secondary N) is 3. The van der Waals surface area contributed by atoms with Crippen LogP contribution in [0.5, 0.6) is 11.5 Å². The van der Waals surface area contributed by atoms with Gasteiger partial charge in [-0.15, -0.1) is 0 Å². The lowest BCUT2D eigenvalue weighted by Crippen LogP contribution is -2.47. The Kier molecular flexibility index (Phi) is 19.7. The number of alkyl halides is 3. The quantitative estimate of drug-likeness (QED) is 0.0390. The summed E-state index contributed by atoms with van der Waals surface area (Å²) in [6.45, 7) is 10.9. The van der Waals surface area contributed by atoms with Crippen molar-refractivity contribution in [2.24, 2.45) is 5.41 Å². The number of rotatable bonds is 24. The number of ether oxygens (including phenoxy) is 3. The average Bonchev–Trinajstić information content (AvgIpc) is 3.91. The number of piperazine rings is 1. The van der Waals surface area contributed by atoms with Gasteiger partial charge in [-0.25, -0.2) is 26.5 Å². The Morgan fingerprint density at radius 1 is 0.899 bits per heavy atom. The fraction of sp³-hybridized carbons (Fsp3) is 0.482. The zero-order valence-electron chi connectivity index (χ0n) is 44.9. The molecule has 1 amide bonds. The van der Waals surface area contributed by atoms with Crippen LogP contribution in [0.4, 0.5) is 24.5 Å². The highest BCUT2D eigenvalue weighted by molar-refractivity contribution is 7.92. The number of allylic oxidation sites excluding steroid dienone is 1. The summed E-state index contributed by atoms with van der Waals surface area (Å²) in [4.78, 5) is 40.1. The first-order valence-electron chi connectivity index (χ1n) is 26.7. The predicted molar refractivity (Wildman–Crippen MR) is 299 cm³/mol. The molecule has 3 N–H and O–H groups in total. The van der Waals surface area contributed by atoms with E-state index in [9.17, 15) is 39.6 Å². The lowest BCUT2D eigenvalue weighted by atomic mass is 9.71. The molecule has 1 atom stereocenters. The van der Waals surface area contributed by atoms with Gasteiger partial charge in [0.05, 0.1) is 42.7 Å². The first-order chi connectivity index (χ1) is 37.7. The van der Waals surface area contributed by atoms with Crippen LogP contribution in [-0.4, -0.2) is 158 Å². The Hall–Kier alpha value is -5.75. The normalized spacial score (nSPS) is 18.1. The van der Waals surface area contributed by atoms with Crippen molar-refractivity contribution in [3.05, 3.63) is 107 Å². The second kappa shape index (κ2) is 26.2. The van der Waals surface area contributed by atoms with Crippen LogP contribution in [0.25, 0.3) is 16.6 Å². The van der Waals surface area contributed by atoms with E-state index < -0.39 is 46.8 Å². The van der Waals surface area contributed by atoms with E-state index >= 15 is 0 Å². The average molecular weight is 1160 g/mol. The van der Waals surface area contributed by atoms with Gasteiger partial charge in [0.15, 0.2) is 0 Å². The van der Waals surface area contributed by atoms with E-state index in [2.05, 4.69) is 61.0 Å². The number of aromatic nitrogens is 2. The number of fused-ring (bicyclic) bond motifs is 1. The molecule has 1 aliphatic carbocycles. The van der Waals surface area contributed by atoms with Crippen LogP contribution in [-0.2, 0) is 34.1 Å². The number of methoxy groups -OCH3 is 1. The molecule has 3 aromatic carbocycles. The van der Waals surface area contributed by atoms with Crippen molar-refractivity contribution in [2.75, 3.05) is 110 Å². The molecule has 0 spiro atoms. The summed E-state index contributed by atoms with van der Waals surface area (Å²) in [7, 11) is -7.44. The molecule has 23 heteroatoms. The number of hydrogen-bond donors (Lipinski definition) is 3. The Labute approximate surface area is 465 Å². The van der Waals surface area contributed by atoms with Crippen LogP contribution in [0.3, 0.4) is 0 Å². The second-order valence-corrected chi connectivity index (χ2v) is 25.0. The number of amides is 1. The number of sulfonamides is 1. The van der Waals surface area contributed by atoms with Gasteiger partial charge < -0.3 is 34.3 Å². The maximum atomic E-state index is 14.1. The van der Waals surface area contributed by atoms with Gasteiger partial charge in [0.1, 0.15) is 22.0 Å². The predicted octanol–water partition coefficient (Wildman–Crippen LogP) is 9.38. The lowest BCUT2D eigenvalue weighted by molar-refractivity contribution is -0.140. The molecule has 17 nitrogen and oxygen atoms in total. The number of unbranched alkanes of at least 4 members (excludes halogenated alkanes) is 3. The lowest BCUT2D eigenvalue weighted by Gasteiger charge is -2.42. The van der Waals surface area contributed by atoms with Gasteiger partial charge in [0, 0.05) is 93.7 Å². The summed E-state index contributed by atoms with van der Waals surface area (Å²) in [5, 5.41) is 4.12. The first-order valence-corrected chi connectivity index (χ1v) is 30.1. The van der Waals surface area contributed by atoms with E-state index in [4.69, 9.17) is 25.8 Å². The van der Waals surface area contributed by atoms with Gasteiger partial charge in [-0.3, -0.25) is 19.4 Å². The smallest absolute Gasteiger partial charge is 0.469 e. The van der Waals surface area contributed by atoms with E-state index in [0.29, 0.717) is 99.7 Å². The molecule has 79 heavy (non-hydrogen) atoms. The van der Waals surface area contributed by atoms with Gasteiger partial charge in [0.25, 0.3) is 25.8 Å². The number of esters is 1. The van der Waals surface area contributed by atoms with E-state index in [1.165, 1.54) is 36.1 Å². The molecule has 5 aromatic rings. The minimum Gasteiger partial charge on any atom is -0.469 e. The minimum atomic E-state index is -6.06. The molecule has 0 radical (unpaired) electrons. The standard InChI is InChI=1S/C56H70ClF3N8O9S2/c1-55(39-65(2)23-7-5-4-6-9-52(69)75-3)20-18-47(40-10-12-43(57)13-11-40)42(36-55)38-67-25-27-68(28-26-67)44-14-16-48(50(34-44)77-45-33-41-19-22-62-53(41)63-37-45)54(70)64-79(73,74)46-15-17-49(51(35-46)78(71,72)56(58,59)60)61-21-8-24-66-29-31-76-32-30-66/h10-17,19,22,33-35,37,61H,4-9,18,20-21,23-32,36,38-39H2,1-3H3,(H,62,63)(H,64,70)/t55-/m1/s1. The molecule has 2 aliphatic heterocycles. The molecule has 428 valence electrons.